The molecule has 3 nitrogen and oxygen atoms in total. The summed E-state index contributed by atoms with van der Waals surface area (Å²) in [6.07, 6.45) is -1.08. The SMILES string of the molecule is COC(C(=O)O)C(C)(C)c1ccc(C)cc1F. The number of hydrogen-bond acceptors (Lipinski definition) is 2. The minimum absolute atomic E-state index is 0.345. The molecule has 0 aliphatic heterocycles. The summed E-state index contributed by atoms with van der Waals surface area (Å²) in [5.41, 5.74) is 0.210. The van der Waals surface area contributed by atoms with Gasteiger partial charge in [-0.15, -0.1) is 0 Å². The number of hydrogen-bond donors (Lipinski definition) is 1. The third-order valence-electron chi connectivity index (χ3n) is 2.93. The zero-order valence-corrected chi connectivity index (χ0v) is 10.5. The fourth-order valence-corrected chi connectivity index (χ4v) is 1.99. The topological polar surface area (TPSA) is 46.5 Å². The predicted molar refractivity (Wildman–Crippen MR) is 62.6 cm³/mol. The summed E-state index contributed by atoms with van der Waals surface area (Å²) in [7, 11) is 1.31. The molecule has 1 atom stereocenters. The average molecular weight is 240 g/mol. The maximum atomic E-state index is 13.9. The van der Waals surface area contributed by atoms with Crippen LogP contribution in [0.5, 0.6) is 0 Å². The first kappa shape index (κ1) is 13.6. The van der Waals surface area contributed by atoms with Gasteiger partial charge < -0.3 is 9.84 Å². The third-order valence-corrected chi connectivity index (χ3v) is 2.93. The van der Waals surface area contributed by atoms with Crippen LogP contribution in [-0.4, -0.2) is 24.3 Å². The molecule has 0 heterocycles. The maximum absolute atomic E-state index is 13.9. The van der Waals surface area contributed by atoms with Crippen molar-refractivity contribution in [3.63, 3.8) is 0 Å². The molecule has 0 bridgehead atoms. The second kappa shape index (κ2) is 4.84. The van der Waals surface area contributed by atoms with Crippen LogP contribution in [-0.2, 0) is 14.9 Å². The smallest absolute Gasteiger partial charge is 0.333 e. The highest BCUT2D eigenvalue weighted by molar-refractivity contribution is 5.74. The highest BCUT2D eigenvalue weighted by Crippen LogP contribution is 2.31. The van der Waals surface area contributed by atoms with Gasteiger partial charge in [-0.25, -0.2) is 9.18 Å². The fraction of sp³-hybridized carbons (Fsp3) is 0.462. The van der Waals surface area contributed by atoms with E-state index in [1.807, 2.05) is 0 Å². The molecule has 1 unspecified atom stereocenters. The van der Waals surface area contributed by atoms with Crippen molar-refractivity contribution in [2.75, 3.05) is 7.11 Å². The number of rotatable bonds is 4. The molecule has 1 aromatic carbocycles. The predicted octanol–water partition coefficient (Wildman–Crippen LogP) is 2.51. The number of ether oxygens (including phenoxy) is 1. The van der Waals surface area contributed by atoms with Gasteiger partial charge in [-0.1, -0.05) is 26.0 Å². The Morgan fingerprint density at radius 2 is 2.06 bits per heavy atom. The van der Waals surface area contributed by atoms with Crippen LogP contribution in [0.4, 0.5) is 4.39 Å². The number of carboxylic acids is 1. The van der Waals surface area contributed by atoms with Crippen molar-refractivity contribution in [3.8, 4) is 0 Å². The number of aliphatic carboxylic acids is 1. The van der Waals surface area contributed by atoms with Gasteiger partial charge in [-0.2, -0.15) is 0 Å². The van der Waals surface area contributed by atoms with E-state index in [9.17, 15) is 9.18 Å². The number of aryl methyl sites for hydroxylation is 1. The number of methoxy groups -OCH3 is 1. The van der Waals surface area contributed by atoms with Gasteiger partial charge in [-0.3, -0.25) is 0 Å². The molecule has 94 valence electrons. The van der Waals surface area contributed by atoms with Crippen molar-refractivity contribution in [3.05, 3.63) is 35.1 Å². The molecule has 0 aliphatic rings. The van der Waals surface area contributed by atoms with Crippen LogP contribution in [0.1, 0.15) is 25.0 Å². The fourth-order valence-electron chi connectivity index (χ4n) is 1.99. The van der Waals surface area contributed by atoms with E-state index in [1.54, 1.807) is 32.9 Å². The first-order chi connectivity index (χ1) is 7.80. The molecule has 1 rings (SSSR count). The van der Waals surface area contributed by atoms with Gasteiger partial charge in [0.05, 0.1) is 0 Å². The molecule has 4 heteroatoms. The van der Waals surface area contributed by atoms with Gasteiger partial charge in [-0.05, 0) is 24.1 Å². The Labute approximate surface area is 100 Å². The highest BCUT2D eigenvalue weighted by atomic mass is 19.1. The van der Waals surface area contributed by atoms with E-state index < -0.39 is 23.3 Å². The van der Waals surface area contributed by atoms with E-state index >= 15 is 0 Å². The van der Waals surface area contributed by atoms with Crippen LogP contribution < -0.4 is 0 Å². The van der Waals surface area contributed by atoms with Gasteiger partial charge >= 0.3 is 5.97 Å². The summed E-state index contributed by atoms with van der Waals surface area (Å²) in [4.78, 5) is 11.1. The van der Waals surface area contributed by atoms with E-state index in [4.69, 9.17) is 9.84 Å². The van der Waals surface area contributed by atoms with Crippen molar-refractivity contribution < 1.29 is 19.0 Å². The third kappa shape index (κ3) is 2.64. The first-order valence-electron chi connectivity index (χ1n) is 5.33. The quantitative estimate of drug-likeness (QED) is 0.879. The summed E-state index contributed by atoms with van der Waals surface area (Å²) in [6.45, 7) is 5.09. The molecule has 0 spiro atoms. The standard InChI is InChI=1S/C13H17FO3/c1-8-5-6-9(10(14)7-8)13(2,3)11(17-4)12(15)16/h5-7,11H,1-4H3,(H,15,16). The summed E-state index contributed by atoms with van der Waals surface area (Å²) in [6, 6.07) is 4.76. The van der Waals surface area contributed by atoms with Crippen LogP contribution in [0.2, 0.25) is 0 Å². The van der Waals surface area contributed by atoms with E-state index in [-0.39, 0.29) is 0 Å². The molecule has 0 saturated heterocycles. The summed E-state index contributed by atoms with van der Waals surface area (Å²) in [5, 5.41) is 9.07. The van der Waals surface area contributed by atoms with E-state index in [0.29, 0.717) is 5.56 Å². The molecule has 17 heavy (non-hydrogen) atoms. The summed E-state index contributed by atoms with van der Waals surface area (Å²) >= 11 is 0. The Bertz CT molecular complexity index is 427. The number of benzene rings is 1. The van der Waals surface area contributed by atoms with Gasteiger partial charge in [0.15, 0.2) is 6.10 Å². The molecule has 0 saturated carbocycles. The lowest BCUT2D eigenvalue weighted by Gasteiger charge is -2.31. The summed E-state index contributed by atoms with van der Waals surface area (Å²) < 4.78 is 18.8. The maximum Gasteiger partial charge on any atom is 0.333 e. The second-order valence-electron chi connectivity index (χ2n) is 4.66. The molecule has 0 aliphatic carbocycles. The lowest BCUT2D eigenvalue weighted by atomic mass is 9.78. The van der Waals surface area contributed by atoms with Gasteiger partial charge in [0, 0.05) is 12.5 Å². The first-order valence-corrected chi connectivity index (χ1v) is 5.33. The van der Waals surface area contributed by atoms with Gasteiger partial charge in [0.2, 0.25) is 0 Å². The Morgan fingerprint density at radius 3 is 2.47 bits per heavy atom. The molecular formula is C13H17FO3. The highest BCUT2D eigenvalue weighted by Gasteiger charge is 2.38. The minimum atomic E-state index is -1.10. The second-order valence-corrected chi connectivity index (χ2v) is 4.66. The Kier molecular flexibility index (Phi) is 3.88. The number of halogens is 1. The Morgan fingerprint density at radius 1 is 1.47 bits per heavy atom. The van der Waals surface area contributed by atoms with Crippen molar-refractivity contribution in [1.29, 1.82) is 0 Å². The zero-order valence-electron chi connectivity index (χ0n) is 10.5. The monoisotopic (exact) mass is 240 g/mol. The van der Waals surface area contributed by atoms with Crippen molar-refractivity contribution in [2.45, 2.75) is 32.3 Å². The van der Waals surface area contributed by atoms with Crippen LogP contribution >= 0.6 is 0 Å². The van der Waals surface area contributed by atoms with Crippen LogP contribution in [0.3, 0.4) is 0 Å². The van der Waals surface area contributed by atoms with Crippen LogP contribution in [0.15, 0.2) is 18.2 Å². The van der Waals surface area contributed by atoms with Gasteiger partial charge in [0.25, 0.3) is 0 Å². The van der Waals surface area contributed by atoms with Crippen molar-refractivity contribution in [2.24, 2.45) is 0 Å². The van der Waals surface area contributed by atoms with Crippen LogP contribution in [0, 0.1) is 12.7 Å². The van der Waals surface area contributed by atoms with Crippen LogP contribution in [0.25, 0.3) is 0 Å². The Hall–Kier alpha value is -1.42. The molecular weight excluding hydrogens is 223 g/mol. The van der Waals surface area contributed by atoms with E-state index in [2.05, 4.69) is 0 Å². The molecule has 0 fully saturated rings. The number of carboxylic acid groups (broad SMARTS) is 1. The normalized spacial score (nSPS) is 13.5. The minimum Gasteiger partial charge on any atom is -0.479 e. The van der Waals surface area contributed by atoms with Gasteiger partial charge in [0.1, 0.15) is 5.82 Å². The zero-order chi connectivity index (χ0) is 13.2. The lowest BCUT2D eigenvalue weighted by Crippen LogP contribution is -2.42. The number of carbonyl (C=O) groups is 1. The Balaban J connectivity index is 3.24. The molecule has 1 N–H and O–H groups in total. The van der Waals surface area contributed by atoms with E-state index in [1.165, 1.54) is 13.2 Å². The summed E-state index contributed by atoms with van der Waals surface area (Å²) in [5.74, 6) is -1.50. The average Bonchev–Trinajstić information content (AvgIpc) is 2.16. The van der Waals surface area contributed by atoms with E-state index in [0.717, 1.165) is 5.56 Å². The van der Waals surface area contributed by atoms with Crippen molar-refractivity contribution >= 4 is 5.97 Å². The largest absolute Gasteiger partial charge is 0.479 e. The molecule has 0 amide bonds. The molecule has 1 aromatic rings. The lowest BCUT2D eigenvalue weighted by molar-refractivity contribution is -0.152. The molecule has 0 radical (unpaired) electrons. The van der Waals surface area contributed by atoms with Crippen molar-refractivity contribution in [1.82, 2.24) is 0 Å². The molecule has 0 aromatic heterocycles.